The Morgan fingerprint density at radius 1 is 1.15 bits per heavy atom. The molecular weight excluding hydrogens is 533 g/mol. The number of rotatable bonds is 6. The average Bonchev–Trinajstić information content (AvgIpc) is 3.66. The van der Waals surface area contributed by atoms with Crippen molar-refractivity contribution < 1.29 is 13.5 Å². The molecule has 3 saturated heterocycles. The Balaban J connectivity index is 1.34. The number of piperazine rings is 1. The first-order chi connectivity index (χ1) is 19.4. The van der Waals surface area contributed by atoms with Crippen LogP contribution in [0.15, 0.2) is 28.9 Å². The predicted octanol–water partition coefficient (Wildman–Crippen LogP) is 5.00. The van der Waals surface area contributed by atoms with Crippen LogP contribution in [0.4, 0.5) is 16.0 Å². The molecule has 9 nitrogen and oxygen atoms in total. The quantitative estimate of drug-likeness (QED) is 0.334. The SMILES string of the molecule is CC(C)N1CCC[C@H]1COc1nc(N2CC3CCC(C2)N3)c2cc(Cl)c(-c3coc4ccc(N)nc34)c(F)c2n1. The van der Waals surface area contributed by atoms with Gasteiger partial charge in [0.15, 0.2) is 11.4 Å². The summed E-state index contributed by atoms with van der Waals surface area (Å²) in [5, 5.41) is 4.44. The summed E-state index contributed by atoms with van der Waals surface area (Å²) < 4.78 is 28.4. The van der Waals surface area contributed by atoms with Crippen LogP contribution in [0.25, 0.3) is 33.1 Å². The molecule has 40 heavy (non-hydrogen) atoms. The van der Waals surface area contributed by atoms with E-state index in [-0.39, 0.29) is 28.2 Å². The van der Waals surface area contributed by atoms with Gasteiger partial charge in [-0.25, -0.2) is 9.37 Å². The minimum absolute atomic E-state index is 0.163. The zero-order valence-electron chi connectivity index (χ0n) is 22.7. The van der Waals surface area contributed by atoms with Crippen LogP contribution in [0.1, 0.15) is 39.5 Å². The van der Waals surface area contributed by atoms with Gasteiger partial charge in [0.25, 0.3) is 0 Å². The van der Waals surface area contributed by atoms with Crippen LogP contribution in [0, 0.1) is 5.82 Å². The molecule has 0 spiro atoms. The molecule has 4 aromatic rings. The van der Waals surface area contributed by atoms with Gasteiger partial charge < -0.3 is 25.1 Å². The highest BCUT2D eigenvalue weighted by molar-refractivity contribution is 6.34. The van der Waals surface area contributed by atoms with Crippen LogP contribution in [-0.4, -0.2) is 70.3 Å². The number of aromatic nitrogens is 3. The van der Waals surface area contributed by atoms with Gasteiger partial charge in [-0.1, -0.05) is 11.6 Å². The van der Waals surface area contributed by atoms with Gasteiger partial charge >= 0.3 is 6.01 Å². The summed E-state index contributed by atoms with van der Waals surface area (Å²) in [6, 6.07) is 6.73. The van der Waals surface area contributed by atoms with Crippen molar-refractivity contribution in [2.24, 2.45) is 0 Å². The number of halogens is 2. The normalized spacial score (nSPS) is 23.2. The fourth-order valence-corrected chi connectivity index (χ4v) is 6.97. The summed E-state index contributed by atoms with van der Waals surface area (Å²) in [6.07, 6.45) is 5.87. The summed E-state index contributed by atoms with van der Waals surface area (Å²) in [7, 11) is 0. The summed E-state index contributed by atoms with van der Waals surface area (Å²) in [6.45, 7) is 7.46. The smallest absolute Gasteiger partial charge is 0.319 e. The third-order valence-corrected chi connectivity index (χ3v) is 8.86. The van der Waals surface area contributed by atoms with Crippen molar-refractivity contribution >= 4 is 45.2 Å². The number of furan rings is 1. The van der Waals surface area contributed by atoms with E-state index in [1.165, 1.54) is 6.26 Å². The van der Waals surface area contributed by atoms with Gasteiger partial charge in [-0.2, -0.15) is 9.97 Å². The average molecular weight is 566 g/mol. The maximum Gasteiger partial charge on any atom is 0.319 e. The number of nitrogens with zero attached hydrogens (tertiary/aromatic N) is 5. The summed E-state index contributed by atoms with van der Waals surface area (Å²) >= 11 is 6.79. The number of pyridine rings is 1. The van der Waals surface area contributed by atoms with Crippen LogP contribution in [0.3, 0.4) is 0 Å². The number of ether oxygens (including phenoxy) is 1. The highest BCUT2D eigenvalue weighted by atomic mass is 35.5. The van der Waals surface area contributed by atoms with Gasteiger partial charge in [-0.3, -0.25) is 4.90 Å². The predicted molar refractivity (Wildman–Crippen MR) is 154 cm³/mol. The van der Waals surface area contributed by atoms with Crippen LogP contribution >= 0.6 is 11.6 Å². The van der Waals surface area contributed by atoms with E-state index in [1.807, 2.05) is 0 Å². The molecule has 2 unspecified atom stereocenters. The second kappa shape index (κ2) is 10.0. The van der Waals surface area contributed by atoms with Crippen molar-refractivity contribution in [3.63, 3.8) is 0 Å². The highest BCUT2D eigenvalue weighted by Crippen LogP contribution is 2.42. The molecule has 3 fully saturated rings. The lowest BCUT2D eigenvalue weighted by atomic mass is 10.0. The molecule has 6 heterocycles. The van der Waals surface area contributed by atoms with Crippen molar-refractivity contribution in [3.05, 3.63) is 35.3 Å². The molecule has 3 N–H and O–H groups in total. The molecule has 3 aromatic heterocycles. The maximum atomic E-state index is 16.6. The van der Waals surface area contributed by atoms with E-state index in [2.05, 4.69) is 38.9 Å². The first kappa shape index (κ1) is 25.7. The number of hydrogen-bond acceptors (Lipinski definition) is 9. The van der Waals surface area contributed by atoms with Gasteiger partial charge in [0.2, 0.25) is 0 Å². The summed E-state index contributed by atoms with van der Waals surface area (Å²) in [5.41, 5.74) is 7.63. The third-order valence-electron chi connectivity index (χ3n) is 8.56. The van der Waals surface area contributed by atoms with Crippen LogP contribution in [0.2, 0.25) is 5.02 Å². The molecule has 0 amide bonds. The van der Waals surface area contributed by atoms with E-state index in [0.717, 1.165) is 45.3 Å². The number of nitrogens with two attached hydrogens (primary N) is 1. The van der Waals surface area contributed by atoms with Crippen molar-refractivity contribution in [3.8, 4) is 17.1 Å². The van der Waals surface area contributed by atoms with Crippen molar-refractivity contribution in [2.75, 3.05) is 36.9 Å². The Bertz CT molecular complexity index is 1580. The van der Waals surface area contributed by atoms with E-state index in [1.54, 1.807) is 18.2 Å². The van der Waals surface area contributed by atoms with Crippen LogP contribution in [-0.2, 0) is 0 Å². The minimum atomic E-state index is -0.564. The lowest BCUT2D eigenvalue weighted by Crippen LogP contribution is -2.51. The fraction of sp³-hybridized carbons (Fsp3) is 0.483. The van der Waals surface area contributed by atoms with E-state index in [4.69, 9.17) is 31.5 Å². The molecule has 1 aromatic carbocycles. The Morgan fingerprint density at radius 2 is 1.95 bits per heavy atom. The van der Waals surface area contributed by atoms with Crippen molar-refractivity contribution in [2.45, 2.75) is 63.7 Å². The third kappa shape index (κ3) is 4.42. The van der Waals surface area contributed by atoms with Gasteiger partial charge in [-0.15, -0.1) is 0 Å². The minimum Gasteiger partial charge on any atom is -0.462 e. The number of benzene rings is 1. The molecule has 11 heteroatoms. The molecule has 3 aliphatic rings. The summed E-state index contributed by atoms with van der Waals surface area (Å²) in [4.78, 5) is 18.5. The van der Waals surface area contributed by atoms with E-state index in [9.17, 15) is 0 Å². The van der Waals surface area contributed by atoms with Gasteiger partial charge in [0.05, 0.1) is 10.6 Å². The maximum absolute atomic E-state index is 16.6. The zero-order valence-corrected chi connectivity index (χ0v) is 23.4. The lowest BCUT2D eigenvalue weighted by molar-refractivity contribution is 0.138. The van der Waals surface area contributed by atoms with Gasteiger partial charge in [-0.05, 0) is 64.3 Å². The number of nitrogen functional groups attached to an aromatic ring is 1. The lowest BCUT2D eigenvalue weighted by Gasteiger charge is -2.34. The Kier molecular flexibility index (Phi) is 6.44. The summed E-state index contributed by atoms with van der Waals surface area (Å²) in [5.74, 6) is 0.395. The van der Waals surface area contributed by atoms with E-state index in [0.29, 0.717) is 58.4 Å². The first-order valence-electron chi connectivity index (χ1n) is 14.1. The number of fused-ring (bicyclic) bond motifs is 4. The first-order valence-corrected chi connectivity index (χ1v) is 14.5. The van der Waals surface area contributed by atoms with Crippen LogP contribution in [0.5, 0.6) is 6.01 Å². The monoisotopic (exact) mass is 565 g/mol. The number of hydrogen-bond donors (Lipinski definition) is 2. The van der Waals surface area contributed by atoms with Gasteiger partial charge in [0, 0.05) is 48.2 Å². The Hall–Kier alpha value is -3.21. The van der Waals surface area contributed by atoms with Crippen molar-refractivity contribution in [1.82, 2.24) is 25.2 Å². The van der Waals surface area contributed by atoms with Gasteiger partial charge in [0.1, 0.15) is 35.5 Å². The number of nitrogens with one attached hydrogen (secondary N) is 1. The number of anilines is 2. The molecule has 210 valence electrons. The van der Waals surface area contributed by atoms with Crippen molar-refractivity contribution in [1.29, 1.82) is 0 Å². The topological polar surface area (TPSA) is 106 Å². The van der Waals surface area contributed by atoms with Crippen LogP contribution < -0.4 is 20.7 Å². The zero-order chi connectivity index (χ0) is 27.5. The molecule has 0 aliphatic carbocycles. The second-order valence-corrected chi connectivity index (χ2v) is 11.9. The Labute approximate surface area is 236 Å². The number of likely N-dealkylation sites (tertiary alicyclic amines) is 1. The molecule has 3 aliphatic heterocycles. The molecule has 7 rings (SSSR count). The highest BCUT2D eigenvalue weighted by Gasteiger charge is 2.35. The standard InChI is InChI=1S/C29H33ClFN7O2/c1-15(2)38-9-3-4-18(38)13-40-29-35-27-19(28(36-29)37-11-16-5-6-17(12-37)33-16)10-21(30)24(25(27)31)20-14-39-22-7-8-23(32)34-26(20)22/h7-8,10,14-18,33H,3-6,9,11-13H2,1-2H3,(H2,32,34)/t16?,17?,18-/m0/s1. The molecule has 3 atom stereocenters. The molecular formula is C29H33ClFN7O2. The molecule has 2 bridgehead atoms. The molecule has 0 saturated carbocycles. The van der Waals surface area contributed by atoms with E-state index >= 15 is 4.39 Å². The Morgan fingerprint density at radius 3 is 2.73 bits per heavy atom. The van der Waals surface area contributed by atoms with E-state index < -0.39 is 5.82 Å². The fourth-order valence-electron chi connectivity index (χ4n) is 6.67. The molecule has 0 radical (unpaired) electrons. The second-order valence-electron chi connectivity index (χ2n) is 11.5. The largest absolute Gasteiger partial charge is 0.462 e.